The predicted molar refractivity (Wildman–Crippen MR) is 63.4 cm³/mol. The standard InChI is InChI=1S/C13H19F3O3/c1-4-11(19-10(17)9(2)3)5-7-12(18,8-6-11)13(14,15)16/h18H,2,4-8H2,1,3H3. The van der Waals surface area contributed by atoms with Crippen LogP contribution in [0.3, 0.4) is 0 Å². The quantitative estimate of drug-likeness (QED) is 0.638. The fourth-order valence-electron chi connectivity index (χ4n) is 2.21. The van der Waals surface area contributed by atoms with Crippen LogP contribution < -0.4 is 0 Å². The Labute approximate surface area is 110 Å². The second-order valence-corrected chi connectivity index (χ2v) is 5.24. The minimum Gasteiger partial charge on any atom is -0.456 e. The zero-order valence-electron chi connectivity index (χ0n) is 11.1. The average Bonchev–Trinajstić information content (AvgIpc) is 2.31. The Balaban J connectivity index is 2.78. The van der Waals surface area contributed by atoms with Gasteiger partial charge >= 0.3 is 12.1 Å². The number of alkyl halides is 3. The van der Waals surface area contributed by atoms with E-state index in [2.05, 4.69) is 6.58 Å². The molecule has 0 unspecified atom stereocenters. The van der Waals surface area contributed by atoms with Crippen molar-refractivity contribution >= 4 is 5.97 Å². The number of carbonyl (C=O) groups excluding carboxylic acids is 1. The molecule has 0 spiro atoms. The molecule has 1 N–H and O–H groups in total. The summed E-state index contributed by atoms with van der Waals surface area (Å²) in [4.78, 5) is 11.5. The molecule has 0 saturated heterocycles. The lowest BCUT2D eigenvalue weighted by atomic mass is 9.74. The largest absolute Gasteiger partial charge is 0.456 e. The molecule has 0 aliphatic heterocycles. The van der Waals surface area contributed by atoms with Crippen LogP contribution in [0.2, 0.25) is 0 Å². The first-order valence-electron chi connectivity index (χ1n) is 6.23. The number of halogens is 3. The number of ether oxygens (including phenoxy) is 1. The predicted octanol–water partition coefficient (Wildman–Crippen LogP) is 3.12. The Kier molecular flexibility index (Phi) is 4.34. The Morgan fingerprint density at radius 2 is 1.79 bits per heavy atom. The lowest BCUT2D eigenvalue weighted by molar-refractivity contribution is -0.279. The first-order valence-corrected chi connectivity index (χ1v) is 6.23. The van der Waals surface area contributed by atoms with E-state index in [0.717, 1.165) is 0 Å². The monoisotopic (exact) mass is 280 g/mol. The van der Waals surface area contributed by atoms with Crippen molar-refractivity contribution in [2.45, 2.75) is 63.3 Å². The molecule has 0 bridgehead atoms. The van der Waals surface area contributed by atoms with Gasteiger partial charge in [0.15, 0.2) is 5.60 Å². The highest BCUT2D eigenvalue weighted by Crippen LogP contribution is 2.46. The summed E-state index contributed by atoms with van der Waals surface area (Å²) in [5, 5.41) is 9.60. The van der Waals surface area contributed by atoms with E-state index in [4.69, 9.17) is 4.74 Å². The van der Waals surface area contributed by atoms with Crippen LogP contribution >= 0.6 is 0 Å². The van der Waals surface area contributed by atoms with E-state index < -0.39 is 36.2 Å². The van der Waals surface area contributed by atoms with Gasteiger partial charge in [-0.1, -0.05) is 13.5 Å². The van der Waals surface area contributed by atoms with Crippen LogP contribution in [0.1, 0.15) is 46.0 Å². The van der Waals surface area contributed by atoms with Crippen molar-refractivity contribution in [1.82, 2.24) is 0 Å². The number of rotatable bonds is 3. The van der Waals surface area contributed by atoms with E-state index in [1.165, 1.54) is 6.92 Å². The SMILES string of the molecule is C=C(C)C(=O)OC1(CC)CCC(O)(C(F)(F)F)CC1. The molecule has 6 heteroatoms. The number of carbonyl (C=O) groups is 1. The zero-order chi connectivity index (χ0) is 14.9. The Hall–Kier alpha value is -1.04. The molecule has 0 amide bonds. The number of esters is 1. The minimum absolute atomic E-state index is 0.00146. The van der Waals surface area contributed by atoms with Gasteiger partial charge in [-0.05, 0) is 39.0 Å². The number of aliphatic hydroxyl groups is 1. The summed E-state index contributed by atoms with van der Waals surface area (Å²) < 4.78 is 43.4. The van der Waals surface area contributed by atoms with Crippen LogP contribution in [-0.4, -0.2) is 28.5 Å². The van der Waals surface area contributed by atoms with Gasteiger partial charge in [-0.15, -0.1) is 0 Å². The molecule has 1 fully saturated rings. The molecule has 0 aromatic rings. The molecular weight excluding hydrogens is 261 g/mol. The number of hydrogen-bond donors (Lipinski definition) is 1. The van der Waals surface area contributed by atoms with Gasteiger partial charge in [-0.3, -0.25) is 0 Å². The molecule has 1 rings (SSSR count). The van der Waals surface area contributed by atoms with Gasteiger partial charge in [0.05, 0.1) is 0 Å². The van der Waals surface area contributed by atoms with Crippen LogP contribution in [0.5, 0.6) is 0 Å². The summed E-state index contributed by atoms with van der Waals surface area (Å²) in [6.07, 6.45) is -5.14. The first-order chi connectivity index (χ1) is 8.55. The summed E-state index contributed by atoms with van der Waals surface area (Å²) in [7, 11) is 0. The highest BCUT2D eigenvalue weighted by atomic mass is 19.4. The Bertz CT molecular complexity index is 366. The van der Waals surface area contributed by atoms with Crippen LogP contribution in [0.15, 0.2) is 12.2 Å². The van der Waals surface area contributed by atoms with Gasteiger partial charge in [0.25, 0.3) is 0 Å². The van der Waals surface area contributed by atoms with Crippen molar-refractivity contribution in [3.05, 3.63) is 12.2 Å². The smallest absolute Gasteiger partial charge is 0.417 e. The summed E-state index contributed by atoms with van der Waals surface area (Å²) in [6, 6.07) is 0. The Morgan fingerprint density at radius 3 is 2.11 bits per heavy atom. The molecule has 0 aromatic heterocycles. The van der Waals surface area contributed by atoms with Gasteiger partial charge in [-0.2, -0.15) is 13.2 Å². The fraction of sp³-hybridized carbons (Fsp3) is 0.769. The molecule has 1 aliphatic rings. The van der Waals surface area contributed by atoms with Crippen molar-refractivity contribution in [3.63, 3.8) is 0 Å². The third kappa shape index (κ3) is 3.29. The van der Waals surface area contributed by atoms with Crippen LogP contribution in [-0.2, 0) is 9.53 Å². The van der Waals surface area contributed by atoms with Gasteiger partial charge in [0.1, 0.15) is 5.60 Å². The third-order valence-corrected chi connectivity index (χ3v) is 3.82. The normalized spacial score (nSPS) is 31.9. The fourth-order valence-corrected chi connectivity index (χ4v) is 2.21. The first kappa shape index (κ1) is 16.0. The number of hydrogen-bond acceptors (Lipinski definition) is 3. The van der Waals surface area contributed by atoms with Crippen LogP contribution in [0.4, 0.5) is 13.2 Å². The van der Waals surface area contributed by atoms with E-state index in [0.29, 0.717) is 6.42 Å². The maximum atomic E-state index is 12.7. The highest BCUT2D eigenvalue weighted by Gasteiger charge is 2.57. The Morgan fingerprint density at radius 1 is 1.32 bits per heavy atom. The summed E-state index contributed by atoms with van der Waals surface area (Å²) in [5.74, 6) is -0.598. The van der Waals surface area contributed by atoms with Crippen molar-refractivity contribution < 1.29 is 27.8 Å². The maximum Gasteiger partial charge on any atom is 0.417 e. The van der Waals surface area contributed by atoms with Crippen LogP contribution in [0.25, 0.3) is 0 Å². The molecule has 0 aromatic carbocycles. The molecule has 3 nitrogen and oxygen atoms in total. The molecule has 19 heavy (non-hydrogen) atoms. The van der Waals surface area contributed by atoms with Crippen molar-refractivity contribution in [2.24, 2.45) is 0 Å². The molecule has 110 valence electrons. The molecule has 0 radical (unpaired) electrons. The molecule has 0 atom stereocenters. The molecule has 0 heterocycles. The zero-order valence-corrected chi connectivity index (χ0v) is 11.1. The highest BCUT2D eigenvalue weighted by molar-refractivity contribution is 5.87. The lowest BCUT2D eigenvalue weighted by Gasteiger charge is -2.43. The average molecular weight is 280 g/mol. The van der Waals surface area contributed by atoms with Crippen molar-refractivity contribution in [3.8, 4) is 0 Å². The van der Waals surface area contributed by atoms with E-state index in [-0.39, 0.29) is 18.4 Å². The topological polar surface area (TPSA) is 46.5 Å². The van der Waals surface area contributed by atoms with Crippen molar-refractivity contribution in [2.75, 3.05) is 0 Å². The lowest BCUT2D eigenvalue weighted by Crippen LogP contribution is -2.52. The van der Waals surface area contributed by atoms with Crippen LogP contribution in [0, 0.1) is 0 Å². The summed E-state index contributed by atoms with van der Waals surface area (Å²) >= 11 is 0. The van der Waals surface area contributed by atoms with E-state index in [1.54, 1.807) is 6.92 Å². The third-order valence-electron chi connectivity index (χ3n) is 3.82. The van der Waals surface area contributed by atoms with Gasteiger partial charge in [0, 0.05) is 5.57 Å². The van der Waals surface area contributed by atoms with Gasteiger partial charge in [-0.25, -0.2) is 4.79 Å². The minimum atomic E-state index is -4.65. The van der Waals surface area contributed by atoms with E-state index >= 15 is 0 Å². The second-order valence-electron chi connectivity index (χ2n) is 5.24. The summed E-state index contributed by atoms with van der Waals surface area (Å²) in [5.41, 5.74) is -3.38. The summed E-state index contributed by atoms with van der Waals surface area (Å²) in [6.45, 7) is 6.69. The van der Waals surface area contributed by atoms with E-state index in [1.807, 2.05) is 0 Å². The van der Waals surface area contributed by atoms with Gasteiger partial charge < -0.3 is 9.84 Å². The van der Waals surface area contributed by atoms with Gasteiger partial charge in [0.2, 0.25) is 0 Å². The maximum absolute atomic E-state index is 12.7. The van der Waals surface area contributed by atoms with E-state index in [9.17, 15) is 23.1 Å². The van der Waals surface area contributed by atoms with Crippen molar-refractivity contribution in [1.29, 1.82) is 0 Å². The molecule has 1 aliphatic carbocycles. The second kappa shape index (κ2) is 5.15. The molecular formula is C13H19F3O3. The molecule has 1 saturated carbocycles.